The summed E-state index contributed by atoms with van der Waals surface area (Å²) in [6, 6.07) is 0.245. The van der Waals surface area contributed by atoms with Gasteiger partial charge in [-0.2, -0.15) is 13.2 Å². The quantitative estimate of drug-likeness (QED) is 0.873. The van der Waals surface area contributed by atoms with Crippen LogP contribution in [0.1, 0.15) is 43.3 Å². The van der Waals surface area contributed by atoms with Crippen molar-refractivity contribution in [2.45, 2.75) is 58.2 Å². The van der Waals surface area contributed by atoms with Gasteiger partial charge < -0.3 is 5.32 Å². The van der Waals surface area contributed by atoms with E-state index in [0.29, 0.717) is 18.8 Å². The van der Waals surface area contributed by atoms with Crippen LogP contribution in [0.3, 0.4) is 0 Å². The largest absolute Gasteiger partial charge is 0.391 e. The maximum atomic E-state index is 12.7. The number of likely N-dealkylation sites (N-methyl/N-ethyl adjacent to an activating group) is 1. The fourth-order valence-corrected chi connectivity index (χ4v) is 4.03. The molecule has 0 bridgehead atoms. The van der Waals surface area contributed by atoms with Crippen molar-refractivity contribution in [2.24, 2.45) is 11.8 Å². The number of halogens is 3. The zero-order valence-electron chi connectivity index (χ0n) is 12.5. The molecular formula is C15H23F3N2S. The van der Waals surface area contributed by atoms with Crippen LogP contribution in [0, 0.1) is 18.8 Å². The smallest absolute Gasteiger partial charge is 0.314 e. The number of alkyl halides is 3. The van der Waals surface area contributed by atoms with E-state index in [0.717, 1.165) is 23.7 Å². The second-order valence-electron chi connectivity index (χ2n) is 5.90. The summed E-state index contributed by atoms with van der Waals surface area (Å²) in [6.07, 6.45) is -1.34. The van der Waals surface area contributed by atoms with Crippen LogP contribution in [0.2, 0.25) is 0 Å². The second-order valence-corrected chi connectivity index (χ2v) is 6.85. The van der Waals surface area contributed by atoms with Crippen molar-refractivity contribution < 1.29 is 13.2 Å². The zero-order chi connectivity index (χ0) is 15.5. The molecule has 0 amide bonds. The lowest BCUT2D eigenvalue weighted by atomic mass is 9.77. The van der Waals surface area contributed by atoms with Gasteiger partial charge in [-0.1, -0.05) is 6.92 Å². The molecule has 1 aliphatic carbocycles. The molecule has 2 rings (SSSR count). The van der Waals surface area contributed by atoms with Crippen LogP contribution in [0.15, 0.2) is 5.38 Å². The summed E-state index contributed by atoms with van der Waals surface area (Å²) in [5, 5.41) is 6.56. The molecule has 0 radical (unpaired) electrons. The standard InChI is InChI=1S/C15H23F3N2S/c1-3-19-13(8-14-20-10(2)9-21-14)11-4-6-12(7-5-11)15(16,17)18/h9,11-13,19H,3-8H2,1-2H3. The van der Waals surface area contributed by atoms with Gasteiger partial charge in [-0.05, 0) is 45.1 Å². The summed E-state index contributed by atoms with van der Waals surface area (Å²) in [5.74, 6) is -0.772. The normalized spacial score (nSPS) is 25.0. The molecule has 2 nitrogen and oxygen atoms in total. The first-order valence-electron chi connectivity index (χ1n) is 7.61. The molecule has 1 atom stereocenters. The molecule has 1 saturated carbocycles. The van der Waals surface area contributed by atoms with E-state index in [1.165, 1.54) is 0 Å². The maximum Gasteiger partial charge on any atom is 0.391 e. The third-order valence-electron chi connectivity index (χ3n) is 4.33. The molecule has 0 spiro atoms. The summed E-state index contributed by atoms with van der Waals surface area (Å²) in [6.45, 7) is 4.85. The van der Waals surface area contributed by atoms with Crippen LogP contribution in [-0.4, -0.2) is 23.7 Å². The van der Waals surface area contributed by atoms with Gasteiger partial charge in [-0.25, -0.2) is 4.98 Å². The first-order chi connectivity index (χ1) is 9.90. The van der Waals surface area contributed by atoms with E-state index in [1.54, 1.807) is 11.3 Å². The molecule has 6 heteroatoms. The minimum atomic E-state index is -4.02. The number of nitrogens with zero attached hydrogens (tertiary/aromatic N) is 1. The summed E-state index contributed by atoms with van der Waals surface area (Å²) in [5.41, 5.74) is 1.02. The Morgan fingerprint density at radius 3 is 2.48 bits per heavy atom. The Morgan fingerprint density at radius 1 is 1.33 bits per heavy atom. The molecule has 0 saturated heterocycles. The van der Waals surface area contributed by atoms with Crippen molar-refractivity contribution >= 4 is 11.3 Å². The average molecular weight is 320 g/mol. The number of hydrogen-bond acceptors (Lipinski definition) is 3. The molecule has 1 aromatic heterocycles. The van der Waals surface area contributed by atoms with E-state index in [9.17, 15) is 13.2 Å². The highest BCUT2D eigenvalue weighted by Crippen LogP contribution is 2.40. The Kier molecular flexibility index (Phi) is 5.66. The van der Waals surface area contributed by atoms with Gasteiger partial charge in [0.25, 0.3) is 0 Å². The molecule has 1 heterocycles. The molecule has 1 aliphatic rings. The topological polar surface area (TPSA) is 24.9 Å². The van der Waals surface area contributed by atoms with Crippen LogP contribution >= 0.6 is 11.3 Å². The van der Waals surface area contributed by atoms with Crippen LogP contribution in [0.5, 0.6) is 0 Å². The second kappa shape index (κ2) is 7.09. The van der Waals surface area contributed by atoms with Crippen molar-refractivity contribution in [2.75, 3.05) is 6.54 Å². The fraction of sp³-hybridized carbons (Fsp3) is 0.800. The van der Waals surface area contributed by atoms with Gasteiger partial charge >= 0.3 is 6.18 Å². The Balaban J connectivity index is 1.93. The van der Waals surface area contributed by atoms with Crippen molar-refractivity contribution in [3.63, 3.8) is 0 Å². The zero-order valence-corrected chi connectivity index (χ0v) is 13.4. The number of aryl methyl sites for hydroxylation is 1. The minimum Gasteiger partial charge on any atom is -0.314 e. The molecule has 1 unspecified atom stereocenters. The molecule has 0 aliphatic heterocycles. The van der Waals surface area contributed by atoms with E-state index in [2.05, 4.69) is 10.3 Å². The van der Waals surface area contributed by atoms with Crippen LogP contribution < -0.4 is 5.32 Å². The Labute approximate surface area is 128 Å². The van der Waals surface area contributed by atoms with Gasteiger partial charge in [-0.3, -0.25) is 0 Å². The van der Waals surface area contributed by atoms with Crippen molar-refractivity contribution in [1.82, 2.24) is 10.3 Å². The summed E-state index contributed by atoms with van der Waals surface area (Å²) < 4.78 is 38.2. The summed E-state index contributed by atoms with van der Waals surface area (Å²) in [4.78, 5) is 4.48. The van der Waals surface area contributed by atoms with Gasteiger partial charge in [0.05, 0.1) is 10.9 Å². The van der Waals surface area contributed by atoms with Crippen LogP contribution in [-0.2, 0) is 6.42 Å². The van der Waals surface area contributed by atoms with E-state index in [4.69, 9.17) is 0 Å². The van der Waals surface area contributed by atoms with Crippen molar-refractivity contribution in [3.8, 4) is 0 Å². The molecule has 1 aromatic rings. The molecule has 120 valence electrons. The maximum absolute atomic E-state index is 12.7. The highest BCUT2D eigenvalue weighted by molar-refractivity contribution is 7.09. The molecule has 21 heavy (non-hydrogen) atoms. The van der Waals surface area contributed by atoms with E-state index < -0.39 is 12.1 Å². The monoisotopic (exact) mass is 320 g/mol. The number of hydrogen-bond donors (Lipinski definition) is 1. The summed E-state index contributed by atoms with van der Waals surface area (Å²) in [7, 11) is 0. The first-order valence-corrected chi connectivity index (χ1v) is 8.49. The first kappa shape index (κ1) is 16.7. The number of rotatable bonds is 5. The Bertz CT molecular complexity index is 436. The molecule has 1 fully saturated rings. The van der Waals surface area contributed by atoms with E-state index in [1.807, 2.05) is 19.2 Å². The van der Waals surface area contributed by atoms with Crippen molar-refractivity contribution in [1.29, 1.82) is 0 Å². The van der Waals surface area contributed by atoms with Gasteiger partial charge in [0.15, 0.2) is 0 Å². The van der Waals surface area contributed by atoms with Gasteiger partial charge in [-0.15, -0.1) is 11.3 Å². The van der Waals surface area contributed by atoms with E-state index >= 15 is 0 Å². The average Bonchev–Trinajstić information content (AvgIpc) is 2.83. The Hall–Kier alpha value is -0.620. The lowest BCUT2D eigenvalue weighted by molar-refractivity contribution is -0.184. The van der Waals surface area contributed by atoms with E-state index in [-0.39, 0.29) is 18.9 Å². The van der Waals surface area contributed by atoms with Gasteiger partial charge in [0.2, 0.25) is 0 Å². The highest BCUT2D eigenvalue weighted by atomic mass is 32.1. The minimum absolute atomic E-state index is 0.245. The van der Waals surface area contributed by atoms with Gasteiger partial charge in [0, 0.05) is 23.5 Å². The lowest BCUT2D eigenvalue weighted by Gasteiger charge is -2.34. The molecule has 1 N–H and O–H groups in total. The number of nitrogens with one attached hydrogen (secondary N) is 1. The number of aromatic nitrogens is 1. The van der Waals surface area contributed by atoms with Crippen LogP contribution in [0.25, 0.3) is 0 Å². The highest BCUT2D eigenvalue weighted by Gasteiger charge is 2.42. The fourth-order valence-electron chi connectivity index (χ4n) is 3.20. The third kappa shape index (κ3) is 4.68. The Morgan fingerprint density at radius 2 is 2.00 bits per heavy atom. The molecule has 0 aromatic carbocycles. The lowest BCUT2D eigenvalue weighted by Crippen LogP contribution is -2.41. The summed E-state index contributed by atoms with van der Waals surface area (Å²) >= 11 is 1.64. The molecular weight excluding hydrogens is 297 g/mol. The van der Waals surface area contributed by atoms with Crippen LogP contribution in [0.4, 0.5) is 13.2 Å². The number of thiazole rings is 1. The predicted molar refractivity (Wildman–Crippen MR) is 79.5 cm³/mol. The van der Waals surface area contributed by atoms with Gasteiger partial charge in [0.1, 0.15) is 0 Å². The third-order valence-corrected chi connectivity index (χ3v) is 5.32. The SMILES string of the molecule is CCNC(Cc1nc(C)cs1)C1CCC(C(F)(F)F)CC1. The van der Waals surface area contributed by atoms with Crippen molar-refractivity contribution in [3.05, 3.63) is 16.1 Å². The predicted octanol–water partition coefficient (Wildman–Crippen LogP) is 4.34.